The predicted molar refractivity (Wildman–Crippen MR) is 51.6 cm³/mol. The summed E-state index contributed by atoms with van der Waals surface area (Å²) < 4.78 is 1.36. The quantitative estimate of drug-likeness (QED) is 0.731. The third kappa shape index (κ3) is 2.01. The monoisotopic (exact) mass is 207 g/mol. The van der Waals surface area contributed by atoms with Gasteiger partial charge in [-0.25, -0.2) is 4.98 Å². The van der Waals surface area contributed by atoms with Gasteiger partial charge in [0.15, 0.2) is 5.65 Å². The number of nitrogens with zero attached hydrogens (tertiary/aromatic N) is 4. The molecule has 2 aromatic heterocycles. The number of aromatic nitrogens is 4. The lowest BCUT2D eigenvalue weighted by atomic mass is 10.5. The van der Waals surface area contributed by atoms with Gasteiger partial charge in [-0.15, -0.1) is 14.8 Å². The van der Waals surface area contributed by atoms with Gasteiger partial charge in [-0.1, -0.05) is 0 Å². The minimum absolute atomic E-state index is 0.174. The second kappa shape index (κ2) is 3.52. The first kappa shape index (κ1) is 9.38. The van der Waals surface area contributed by atoms with Crippen molar-refractivity contribution in [1.82, 2.24) is 19.8 Å². The molecule has 0 aromatic carbocycles. The standard InChI is InChI=1S/C8H9N5O2/c1-5-10-7-3-2-6(9-4-8(14)15)12-13(7)11-5/h2-3H,4H2,1H3,(H,9,12)(H,14,15). The predicted octanol–water partition coefficient (Wildman–Crippen LogP) is -0.0708. The van der Waals surface area contributed by atoms with E-state index in [4.69, 9.17) is 5.11 Å². The van der Waals surface area contributed by atoms with Crippen molar-refractivity contribution in [2.45, 2.75) is 6.92 Å². The van der Waals surface area contributed by atoms with Gasteiger partial charge in [-0.2, -0.15) is 0 Å². The molecule has 2 aromatic rings. The molecule has 0 amide bonds. The smallest absolute Gasteiger partial charge is 0.322 e. The number of hydrogen-bond acceptors (Lipinski definition) is 5. The van der Waals surface area contributed by atoms with Gasteiger partial charge >= 0.3 is 5.97 Å². The first-order valence-electron chi connectivity index (χ1n) is 4.31. The number of rotatable bonds is 3. The summed E-state index contributed by atoms with van der Waals surface area (Å²) >= 11 is 0. The summed E-state index contributed by atoms with van der Waals surface area (Å²) in [6.07, 6.45) is 0. The van der Waals surface area contributed by atoms with Crippen molar-refractivity contribution >= 4 is 17.4 Å². The summed E-state index contributed by atoms with van der Waals surface area (Å²) in [7, 11) is 0. The van der Waals surface area contributed by atoms with Crippen LogP contribution in [0, 0.1) is 6.92 Å². The number of nitrogens with one attached hydrogen (secondary N) is 1. The van der Waals surface area contributed by atoms with Crippen molar-refractivity contribution in [2.24, 2.45) is 0 Å². The van der Waals surface area contributed by atoms with Crippen LogP contribution in [-0.2, 0) is 4.79 Å². The molecule has 0 atom stereocenters. The molecule has 0 saturated carbocycles. The maximum atomic E-state index is 10.3. The molecule has 0 aliphatic heterocycles. The first-order chi connectivity index (χ1) is 7.15. The van der Waals surface area contributed by atoms with E-state index in [0.717, 1.165) is 0 Å². The molecule has 15 heavy (non-hydrogen) atoms. The Balaban J connectivity index is 2.26. The molecule has 78 valence electrons. The minimum Gasteiger partial charge on any atom is -0.480 e. The molecule has 0 radical (unpaired) electrons. The summed E-state index contributed by atoms with van der Waals surface area (Å²) in [6, 6.07) is 3.38. The Labute approximate surface area is 84.7 Å². The number of anilines is 1. The van der Waals surface area contributed by atoms with Crippen LogP contribution in [0.3, 0.4) is 0 Å². The Bertz CT molecular complexity index is 507. The molecule has 0 unspecified atom stereocenters. The SMILES string of the molecule is Cc1nc2ccc(NCC(=O)O)nn2n1. The number of hydrogen-bond donors (Lipinski definition) is 2. The van der Waals surface area contributed by atoms with Crippen LogP contribution in [0.4, 0.5) is 5.82 Å². The Kier molecular flexibility index (Phi) is 2.20. The third-order valence-electron chi connectivity index (χ3n) is 1.73. The Morgan fingerprint density at radius 2 is 2.33 bits per heavy atom. The lowest BCUT2D eigenvalue weighted by Crippen LogP contribution is -2.14. The summed E-state index contributed by atoms with van der Waals surface area (Å²) in [5, 5.41) is 19.2. The molecule has 0 aliphatic rings. The van der Waals surface area contributed by atoms with Crippen molar-refractivity contribution in [3.63, 3.8) is 0 Å². The fraction of sp³-hybridized carbons (Fsp3) is 0.250. The van der Waals surface area contributed by atoms with Gasteiger partial charge in [0.2, 0.25) is 0 Å². The van der Waals surface area contributed by atoms with E-state index < -0.39 is 5.97 Å². The summed E-state index contributed by atoms with van der Waals surface area (Å²) in [6.45, 7) is 1.59. The molecular weight excluding hydrogens is 198 g/mol. The van der Waals surface area contributed by atoms with Crippen molar-refractivity contribution in [1.29, 1.82) is 0 Å². The number of carbonyl (C=O) groups is 1. The van der Waals surface area contributed by atoms with Gasteiger partial charge < -0.3 is 10.4 Å². The highest BCUT2D eigenvalue weighted by Crippen LogP contribution is 2.04. The topological polar surface area (TPSA) is 92.4 Å². The third-order valence-corrected chi connectivity index (χ3v) is 1.73. The second-order valence-corrected chi connectivity index (χ2v) is 2.97. The molecule has 0 saturated heterocycles. The maximum absolute atomic E-state index is 10.3. The van der Waals surface area contributed by atoms with Gasteiger partial charge in [-0.05, 0) is 19.1 Å². The number of carboxylic acids is 1. The molecule has 7 heteroatoms. The van der Waals surface area contributed by atoms with Crippen molar-refractivity contribution in [3.05, 3.63) is 18.0 Å². The Morgan fingerprint density at radius 1 is 1.53 bits per heavy atom. The van der Waals surface area contributed by atoms with E-state index in [1.165, 1.54) is 4.63 Å². The molecule has 0 spiro atoms. The van der Waals surface area contributed by atoms with Gasteiger partial charge in [0.25, 0.3) is 0 Å². The fourth-order valence-corrected chi connectivity index (χ4v) is 1.15. The van der Waals surface area contributed by atoms with E-state index in [-0.39, 0.29) is 6.54 Å². The van der Waals surface area contributed by atoms with Crippen molar-refractivity contribution < 1.29 is 9.90 Å². The normalized spacial score (nSPS) is 10.5. The summed E-state index contributed by atoms with van der Waals surface area (Å²) in [5.74, 6) is 0.138. The van der Waals surface area contributed by atoms with E-state index in [1.54, 1.807) is 19.1 Å². The van der Waals surface area contributed by atoms with Gasteiger partial charge in [0, 0.05) is 0 Å². The van der Waals surface area contributed by atoms with Crippen LogP contribution >= 0.6 is 0 Å². The fourth-order valence-electron chi connectivity index (χ4n) is 1.15. The molecule has 0 bridgehead atoms. The zero-order valence-corrected chi connectivity index (χ0v) is 8.01. The molecule has 2 heterocycles. The number of aryl methyl sites for hydroxylation is 1. The first-order valence-corrected chi connectivity index (χ1v) is 4.31. The average molecular weight is 207 g/mol. The molecule has 0 aliphatic carbocycles. The number of aliphatic carboxylic acids is 1. The molecule has 0 fully saturated rings. The van der Waals surface area contributed by atoms with E-state index >= 15 is 0 Å². The lowest BCUT2D eigenvalue weighted by molar-refractivity contribution is -0.134. The largest absolute Gasteiger partial charge is 0.480 e. The average Bonchev–Trinajstić information content (AvgIpc) is 2.53. The molecular formula is C8H9N5O2. The zero-order valence-electron chi connectivity index (χ0n) is 8.01. The highest BCUT2D eigenvalue weighted by Gasteiger charge is 2.02. The Morgan fingerprint density at radius 3 is 3.07 bits per heavy atom. The van der Waals surface area contributed by atoms with Crippen LogP contribution in [-0.4, -0.2) is 37.4 Å². The van der Waals surface area contributed by atoms with Crippen LogP contribution in [0.15, 0.2) is 12.1 Å². The maximum Gasteiger partial charge on any atom is 0.322 e. The van der Waals surface area contributed by atoms with Crippen LogP contribution < -0.4 is 5.32 Å². The van der Waals surface area contributed by atoms with Gasteiger partial charge in [-0.3, -0.25) is 4.79 Å². The number of fused-ring (bicyclic) bond motifs is 1. The van der Waals surface area contributed by atoms with Crippen molar-refractivity contribution in [2.75, 3.05) is 11.9 Å². The molecule has 7 nitrogen and oxygen atoms in total. The molecule has 2 N–H and O–H groups in total. The van der Waals surface area contributed by atoms with Crippen LogP contribution in [0.5, 0.6) is 0 Å². The van der Waals surface area contributed by atoms with Gasteiger partial charge in [0.1, 0.15) is 18.2 Å². The van der Waals surface area contributed by atoms with Crippen LogP contribution in [0.25, 0.3) is 5.65 Å². The second-order valence-electron chi connectivity index (χ2n) is 2.97. The summed E-state index contributed by atoms with van der Waals surface area (Å²) in [4.78, 5) is 14.4. The summed E-state index contributed by atoms with van der Waals surface area (Å²) in [5.41, 5.74) is 0.633. The zero-order chi connectivity index (χ0) is 10.8. The van der Waals surface area contributed by atoms with E-state index in [0.29, 0.717) is 17.3 Å². The highest BCUT2D eigenvalue weighted by atomic mass is 16.4. The minimum atomic E-state index is -0.938. The Hall–Kier alpha value is -2.18. The lowest BCUT2D eigenvalue weighted by Gasteiger charge is -2.00. The van der Waals surface area contributed by atoms with Crippen LogP contribution in [0.1, 0.15) is 5.82 Å². The van der Waals surface area contributed by atoms with E-state index in [2.05, 4.69) is 20.5 Å². The number of carboxylic acid groups (broad SMARTS) is 1. The van der Waals surface area contributed by atoms with E-state index in [1.807, 2.05) is 0 Å². The van der Waals surface area contributed by atoms with E-state index in [9.17, 15) is 4.79 Å². The highest BCUT2D eigenvalue weighted by molar-refractivity contribution is 5.72. The molecule has 2 rings (SSSR count). The van der Waals surface area contributed by atoms with Crippen LogP contribution in [0.2, 0.25) is 0 Å². The van der Waals surface area contributed by atoms with Gasteiger partial charge in [0.05, 0.1) is 0 Å². The van der Waals surface area contributed by atoms with Crippen molar-refractivity contribution in [3.8, 4) is 0 Å².